The number of hydrogen-bond donors (Lipinski definition) is 1. The van der Waals surface area contributed by atoms with Gasteiger partial charge in [0.1, 0.15) is 0 Å². The lowest BCUT2D eigenvalue weighted by molar-refractivity contribution is 0.714. The minimum atomic E-state index is 0.674. The molecule has 2 aromatic rings. The standard InChI is InChI=1S/C11H13ClN4/c1-8-3-4-10(12)11(5-8)16-9(6-13-2)7-14-15-16/h3-5,7,13H,6H2,1-2H3. The van der Waals surface area contributed by atoms with Crippen LogP contribution in [-0.2, 0) is 6.54 Å². The van der Waals surface area contributed by atoms with Crippen molar-refractivity contribution in [2.45, 2.75) is 13.5 Å². The molecule has 84 valence electrons. The first kappa shape index (κ1) is 11.1. The summed E-state index contributed by atoms with van der Waals surface area (Å²) >= 11 is 6.15. The first-order chi connectivity index (χ1) is 7.72. The van der Waals surface area contributed by atoms with Gasteiger partial charge in [-0.2, -0.15) is 0 Å². The fourth-order valence-corrected chi connectivity index (χ4v) is 1.74. The maximum atomic E-state index is 6.15. The van der Waals surface area contributed by atoms with Crippen LogP contribution in [0.5, 0.6) is 0 Å². The molecule has 1 heterocycles. The number of rotatable bonds is 3. The molecular weight excluding hydrogens is 224 g/mol. The highest BCUT2D eigenvalue weighted by molar-refractivity contribution is 6.32. The SMILES string of the molecule is CNCc1cnnn1-c1cc(C)ccc1Cl. The molecule has 0 aliphatic heterocycles. The first-order valence-electron chi connectivity index (χ1n) is 5.03. The molecule has 0 amide bonds. The van der Waals surface area contributed by atoms with Crippen LogP contribution in [-0.4, -0.2) is 22.0 Å². The molecule has 0 aliphatic carbocycles. The van der Waals surface area contributed by atoms with Crippen molar-refractivity contribution in [3.63, 3.8) is 0 Å². The number of aryl methyl sites for hydroxylation is 1. The van der Waals surface area contributed by atoms with E-state index in [0.29, 0.717) is 11.6 Å². The molecule has 0 spiro atoms. The van der Waals surface area contributed by atoms with E-state index in [4.69, 9.17) is 11.6 Å². The number of nitrogens with one attached hydrogen (secondary N) is 1. The number of halogens is 1. The smallest absolute Gasteiger partial charge is 0.0856 e. The maximum absolute atomic E-state index is 6.15. The molecule has 1 N–H and O–H groups in total. The zero-order chi connectivity index (χ0) is 11.5. The van der Waals surface area contributed by atoms with Crippen molar-refractivity contribution in [3.05, 3.63) is 40.7 Å². The number of hydrogen-bond acceptors (Lipinski definition) is 3. The van der Waals surface area contributed by atoms with E-state index in [9.17, 15) is 0 Å². The number of nitrogens with zero attached hydrogens (tertiary/aromatic N) is 3. The molecule has 0 aliphatic rings. The maximum Gasteiger partial charge on any atom is 0.0856 e. The minimum Gasteiger partial charge on any atom is -0.314 e. The van der Waals surface area contributed by atoms with E-state index in [2.05, 4.69) is 15.6 Å². The Morgan fingerprint density at radius 3 is 3.00 bits per heavy atom. The molecule has 1 aromatic carbocycles. The zero-order valence-corrected chi connectivity index (χ0v) is 9.99. The van der Waals surface area contributed by atoms with Crippen LogP contribution in [0.1, 0.15) is 11.3 Å². The predicted octanol–water partition coefficient (Wildman–Crippen LogP) is 1.95. The van der Waals surface area contributed by atoms with E-state index in [-0.39, 0.29) is 0 Å². The van der Waals surface area contributed by atoms with Gasteiger partial charge in [-0.15, -0.1) is 5.10 Å². The zero-order valence-electron chi connectivity index (χ0n) is 9.24. The van der Waals surface area contributed by atoms with Crippen LogP contribution >= 0.6 is 11.6 Å². The third kappa shape index (κ3) is 2.08. The molecule has 4 nitrogen and oxygen atoms in total. The lowest BCUT2D eigenvalue weighted by Crippen LogP contribution is -2.11. The molecule has 0 saturated heterocycles. The van der Waals surface area contributed by atoms with Crippen LogP contribution in [0.15, 0.2) is 24.4 Å². The van der Waals surface area contributed by atoms with E-state index in [1.54, 1.807) is 10.9 Å². The Kier molecular flexibility index (Phi) is 3.22. The average molecular weight is 237 g/mol. The Balaban J connectivity index is 2.49. The Morgan fingerprint density at radius 1 is 1.44 bits per heavy atom. The summed E-state index contributed by atoms with van der Waals surface area (Å²) in [5.41, 5.74) is 2.99. The van der Waals surface area contributed by atoms with E-state index >= 15 is 0 Å². The number of benzene rings is 1. The lowest BCUT2D eigenvalue weighted by atomic mass is 10.2. The van der Waals surface area contributed by atoms with Gasteiger partial charge in [0.2, 0.25) is 0 Å². The molecule has 1 aromatic heterocycles. The third-order valence-corrected chi connectivity index (χ3v) is 2.63. The molecule has 0 fully saturated rings. The Labute approximate surface area is 99.2 Å². The van der Waals surface area contributed by atoms with Gasteiger partial charge in [-0.3, -0.25) is 0 Å². The van der Waals surface area contributed by atoms with Gasteiger partial charge in [0.25, 0.3) is 0 Å². The van der Waals surface area contributed by atoms with Gasteiger partial charge in [-0.25, -0.2) is 4.68 Å². The van der Waals surface area contributed by atoms with E-state index in [0.717, 1.165) is 16.9 Å². The van der Waals surface area contributed by atoms with Gasteiger partial charge in [0.15, 0.2) is 0 Å². The second-order valence-corrected chi connectivity index (χ2v) is 4.03. The second-order valence-electron chi connectivity index (χ2n) is 3.62. The normalized spacial score (nSPS) is 10.7. The number of aromatic nitrogens is 3. The van der Waals surface area contributed by atoms with Gasteiger partial charge in [0, 0.05) is 6.54 Å². The fraction of sp³-hybridized carbons (Fsp3) is 0.273. The van der Waals surface area contributed by atoms with Crippen LogP contribution in [0.25, 0.3) is 5.69 Å². The molecule has 0 atom stereocenters. The highest BCUT2D eigenvalue weighted by atomic mass is 35.5. The summed E-state index contributed by atoms with van der Waals surface area (Å²) in [4.78, 5) is 0. The minimum absolute atomic E-state index is 0.674. The largest absolute Gasteiger partial charge is 0.314 e. The molecule has 0 saturated carbocycles. The lowest BCUT2D eigenvalue weighted by Gasteiger charge is -2.08. The Hall–Kier alpha value is -1.39. The van der Waals surface area contributed by atoms with Crippen molar-refractivity contribution in [2.24, 2.45) is 0 Å². The van der Waals surface area contributed by atoms with Crippen LogP contribution in [0.2, 0.25) is 5.02 Å². The summed E-state index contributed by atoms with van der Waals surface area (Å²) < 4.78 is 1.76. The van der Waals surface area contributed by atoms with Crippen molar-refractivity contribution >= 4 is 11.6 Å². The van der Waals surface area contributed by atoms with Crippen molar-refractivity contribution in [1.29, 1.82) is 0 Å². The third-order valence-electron chi connectivity index (χ3n) is 2.31. The van der Waals surface area contributed by atoms with Crippen LogP contribution < -0.4 is 5.32 Å². The van der Waals surface area contributed by atoms with Gasteiger partial charge in [-0.05, 0) is 31.7 Å². The van der Waals surface area contributed by atoms with Crippen LogP contribution in [0, 0.1) is 6.92 Å². The molecule has 5 heteroatoms. The van der Waals surface area contributed by atoms with E-state index in [1.807, 2.05) is 32.2 Å². The van der Waals surface area contributed by atoms with Crippen molar-refractivity contribution in [2.75, 3.05) is 7.05 Å². The molecule has 16 heavy (non-hydrogen) atoms. The molecule has 2 rings (SSSR count). The fourth-order valence-electron chi connectivity index (χ4n) is 1.55. The highest BCUT2D eigenvalue weighted by Crippen LogP contribution is 2.21. The monoisotopic (exact) mass is 236 g/mol. The second kappa shape index (κ2) is 4.63. The van der Waals surface area contributed by atoms with Crippen molar-refractivity contribution in [3.8, 4) is 5.69 Å². The predicted molar refractivity (Wildman–Crippen MR) is 63.9 cm³/mol. The Morgan fingerprint density at radius 2 is 2.25 bits per heavy atom. The molecular formula is C11H13ClN4. The molecule has 0 bridgehead atoms. The van der Waals surface area contributed by atoms with Gasteiger partial charge >= 0.3 is 0 Å². The summed E-state index contributed by atoms with van der Waals surface area (Å²) in [5, 5.41) is 11.7. The topological polar surface area (TPSA) is 42.7 Å². The quantitative estimate of drug-likeness (QED) is 0.886. The van der Waals surface area contributed by atoms with Gasteiger partial charge in [-0.1, -0.05) is 22.9 Å². The van der Waals surface area contributed by atoms with E-state index in [1.165, 1.54) is 0 Å². The summed E-state index contributed by atoms with van der Waals surface area (Å²) in [7, 11) is 1.88. The molecule has 0 radical (unpaired) electrons. The summed E-state index contributed by atoms with van der Waals surface area (Å²) in [6, 6.07) is 5.84. The summed E-state index contributed by atoms with van der Waals surface area (Å²) in [5.74, 6) is 0. The average Bonchev–Trinajstić information content (AvgIpc) is 2.70. The summed E-state index contributed by atoms with van der Waals surface area (Å²) in [6.07, 6.45) is 1.73. The van der Waals surface area contributed by atoms with Crippen molar-refractivity contribution in [1.82, 2.24) is 20.3 Å². The van der Waals surface area contributed by atoms with Gasteiger partial charge in [0.05, 0.1) is 22.6 Å². The first-order valence-corrected chi connectivity index (χ1v) is 5.41. The highest BCUT2D eigenvalue weighted by Gasteiger charge is 2.09. The van der Waals surface area contributed by atoms with Crippen LogP contribution in [0.3, 0.4) is 0 Å². The van der Waals surface area contributed by atoms with Crippen molar-refractivity contribution < 1.29 is 0 Å². The van der Waals surface area contributed by atoms with E-state index < -0.39 is 0 Å². The Bertz CT molecular complexity index is 492. The molecule has 0 unspecified atom stereocenters. The van der Waals surface area contributed by atoms with Gasteiger partial charge < -0.3 is 5.32 Å². The summed E-state index contributed by atoms with van der Waals surface area (Å²) in [6.45, 7) is 2.73. The van der Waals surface area contributed by atoms with Crippen LogP contribution in [0.4, 0.5) is 0 Å².